The topological polar surface area (TPSA) is 63.5 Å². The maximum atomic E-state index is 11.8. The van der Waals surface area contributed by atoms with Gasteiger partial charge in [-0.2, -0.15) is 0 Å². The number of alkyl halides is 1. The molecule has 0 fully saturated rings. The Bertz CT molecular complexity index is 620. The normalized spacial score (nSPS) is 10.7. The largest absolute Gasteiger partial charge is 0.351 e. The van der Waals surface area contributed by atoms with Gasteiger partial charge in [-0.25, -0.2) is 9.38 Å². The molecule has 0 saturated heterocycles. The molecule has 2 heterocycles. The standard InChI is InChI=1S/C10H10ClN3O2S/c1-2-12-9(16)7-5-17-10-13-6(4-11)3-8(15)14(7)10/h3,5H,2,4H2,1H3,(H,12,16). The summed E-state index contributed by atoms with van der Waals surface area (Å²) in [6, 6.07) is 1.34. The Labute approximate surface area is 106 Å². The minimum atomic E-state index is -0.284. The van der Waals surface area contributed by atoms with Crippen molar-refractivity contribution in [2.75, 3.05) is 6.54 Å². The first kappa shape index (κ1) is 12.1. The van der Waals surface area contributed by atoms with Gasteiger partial charge in [0.05, 0.1) is 11.6 Å². The first-order valence-electron chi connectivity index (χ1n) is 5.01. The van der Waals surface area contributed by atoms with E-state index in [9.17, 15) is 9.59 Å². The molecule has 2 aromatic heterocycles. The zero-order valence-electron chi connectivity index (χ0n) is 9.07. The van der Waals surface area contributed by atoms with Gasteiger partial charge in [-0.3, -0.25) is 9.59 Å². The molecular weight excluding hydrogens is 262 g/mol. The molecule has 0 radical (unpaired) electrons. The number of nitrogens with zero attached hydrogens (tertiary/aromatic N) is 2. The second-order valence-electron chi connectivity index (χ2n) is 3.32. The number of fused-ring (bicyclic) bond motifs is 1. The average Bonchev–Trinajstić information content (AvgIpc) is 2.73. The van der Waals surface area contributed by atoms with Gasteiger partial charge >= 0.3 is 0 Å². The molecule has 0 aliphatic rings. The van der Waals surface area contributed by atoms with Crippen LogP contribution >= 0.6 is 22.9 Å². The molecule has 17 heavy (non-hydrogen) atoms. The Hall–Kier alpha value is -1.40. The second kappa shape index (κ2) is 4.85. The summed E-state index contributed by atoms with van der Waals surface area (Å²) >= 11 is 6.88. The summed E-state index contributed by atoms with van der Waals surface area (Å²) in [5.74, 6) is -0.0959. The van der Waals surface area contributed by atoms with Crippen LogP contribution in [-0.4, -0.2) is 21.8 Å². The van der Waals surface area contributed by atoms with Crippen LogP contribution in [0.3, 0.4) is 0 Å². The molecule has 5 nitrogen and oxygen atoms in total. The van der Waals surface area contributed by atoms with Crippen LogP contribution in [0.15, 0.2) is 16.2 Å². The smallest absolute Gasteiger partial charge is 0.269 e. The Balaban J connectivity index is 2.61. The Kier molecular flexibility index (Phi) is 3.44. The van der Waals surface area contributed by atoms with Crippen molar-refractivity contribution in [3.8, 4) is 0 Å². The lowest BCUT2D eigenvalue weighted by Gasteiger charge is -2.01. The van der Waals surface area contributed by atoms with Crippen LogP contribution in [0.2, 0.25) is 0 Å². The molecule has 1 N–H and O–H groups in total. The maximum absolute atomic E-state index is 11.8. The number of carbonyl (C=O) groups excluding carboxylic acids is 1. The van der Waals surface area contributed by atoms with Crippen molar-refractivity contribution in [3.63, 3.8) is 0 Å². The van der Waals surface area contributed by atoms with Gasteiger partial charge in [0.25, 0.3) is 11.5 Å². The third kappa shape index (κ3) is 2.18. The monoisotopic (exact) mass is 271 g/mol. The van der Waals surface area contributed by atoms with Crippen LogP contribution in [0.4, 0.5) is 0 Å². The van der Waals surface area contributed by atoms with Gasteiger partial charge in [0.2, 0.25) is 0 Å². The summed E-state index contributed by atoms with van der Waals surface area (Å²) in [6.45, 7) is 2.33. The third-order valence-electron chi connectivity index (χ3n) is 2.16. The maximum Gasteiger partial charge on any atom is 0.269 e. The molecule has 0 spiro atoms. The average molecular weight is 272 g/mol. The summed E-state index contributed by atoms with van der Waals surface area (Å²) < 4.78 is 1.30. The van der Waals surface area contributed by atoms with E-state index in [1.54, 1.807) is 5.38 Å². The number of aromatic nitrogens is 2. The second-order valence-corrected chi connectivity index (χ2v) is 4.42. The number of nitrogens with one attached hydrogen (secondary N) is 1. The lowest BCUT2D eigenvalue weighted by molar-refractivity contribution is 0.0950. The van der Waals surface area contributed by atoms with E-state index in [1.807, 2.05) is 6.92 Å². The van der Waals surface area contributed by atoms with Crippen molar-refractivity contribution in [1.82, 2.24) is 14.7 Å². The number of rotatable bonds is 3. The SMILES string of the molecule is CCNC(=O)c1csc2nc(CCl)cc(=O)n12. The first-order chi connectivity index (χ1) is 8.17. The van der Waals surface area contributed by atoms with Gasteiger partial charge in [0, 0.05) is 18.0 Å². The molecule has 2 aromatic rings. The van der Waals surface area contributed by atoms with Crippen molar-refractivity contribution < 1.29 is 4.79 Å². The predicted molar refractivity (Wildman–Crippen MR) is 66.9 cm³/mol. The number of carbonyl (C=O) groups is 1. The molecule has 0 aliphatic heterocycles. The van der Waals surface area contributed by atoms with Crippen molar-refractivity contribution in [3.05, 3.63) is 33.2 Å². The highest BCUT2D eigenvalue weighted by molar-refractivity contribution is 7.15. The third-order valence-corrected chi connectivity index (χ3v) is 3.26. The van der Waals surface area contributed by atoms with Crippen molar-refractivity contribution in [1.29, 1.82) is 0 Å². The predicted octanol–water partition coefficient (Wildman–Crippen LogP) is 1.24. The summed E-state index contributed by atoms with van der Waals surface area (Å²) in [5.41, 5.74) is 0.541. The molecule has 0 bridgehead atoms. The van der Waals surface area contributed by atoms with Crippen molar-refractivity contribution in [2.45, 2.75) is 12.8 Å². The molecule has 0 aliphatic carbocycles. The lowest BCUT2D eigenvalue weighted by atomic mass is 10.4. The van der Waals surface area contributed by atoms with Crippen molar-refractivity contribution in [2.24, 2.45) is 0 Å². The highest BCUT2D eigenvalue weighted by Gasteiger charge is 2.14. The lowest BCUT2D eigenvalue weighted by Crippen LogP contribution is -2.27. The van der Waals surface area contributed by atoms with Crippen LogP contribution in [0, 0.1) is 0 Å². The summed E-state index contributed by atoms with van der Waals surface area (Å²) in [5, 5.41) is 4.27. The Morgan fingerprint density at radius 3 is 3.06 bits per heavy atom. The van der Waals surface area contributed by atoms with E-state index in [0.29, 0.717) is 22.9 Å². The first-order valence-corrected chi connectivity index (χ1v) is 6.43. The van der Waals surface area contributed by atoms with Gasteiger partial charge in [-0.1, -0.05) is 0 Å². The van der Waals surface area contributed by atoms with E-state index in [0.717, 1.165) is 0 Å². The molecule has 0 unspecified atom stereocenters. The molecule has 7 heteroatoms. The van der Waals surface area contributed by atoms with E-state index in [1.165, 1.54) is 21.8 Å². The minimum Gasteiger partial charge on any atom is -0.351 e. The van der Waals surface area contributed by atoms with Crippen LogP contribution in [0.25, 0.3) is 4.96 Å². The molecule has 2 rings (SSSR count). The van der Waals surface area contributed by atoms with E-state index in [2.05, 4.69) is 10.3 Å². The number of amides is 1. The summed E-state index contributed by atoms with van der Waals surface area (Å²) in [6.07, 6.45) is 0. The van der Waals surface area contributed by atoms with Gasteiger partial charge in [0.1, 0.15) is 5.69 Å². The van der Waals surface area contributed by atoms with Gasteiger partial charge in [-0.15, -0.1) is 22.9 Å². The number of halogens is 1. The van der Waals surface area contributed by atoms with Gasteiger partial charge < -0.3 is 5.32 Å². The Morgan fingerprint density at radius 2 is 2.41 bits per heavy atom. The van der Waals surface area contributed by atoms with Gasteiger partial charge in [-0.05, 0) is 6.92 Å². The molecule has 90 valence electrons. The van der Waals surface area contributed by atoms with Crippen molar-refractivity contribution >= 4 is 33.8 Å². The molecule has 0 atom stereocenters. The van der Waals surface area contributed by atoms with Crippen LogP contribution in [0.5, 0.6) is 0 Å². The minimum absolute atomic E-state index is 0.181. The van der Waals surface area contributed by atoms with Crippen LogP contribution in [-0.2, 0) is 5.88 Å². The molecule has 1 amide bonds. The summed E-state index contributed by atoms with van der Waals surface area (Å²) in [4.78, 5) is 28.2. The van der Waals surface area contributed by atoms with Gasteiger partial charge in [0.15, 0.2) is 4.96 Å². The molecule has 0 aromatic carbocycles. The van der Waals surface area contributed by atoms with E-state index in [-0.39, 0.29) is 17.3 Å². The fraction of sp³-hybridized carbons (Fsp3) is 0.300. The number of hydrogen-bond acceptors (Lipinski definition) is 4. The number of hydrogen-bond donors (Lipinski definition) is 1. The fourth-order valence-electron chi connectivity index (χ4n) is 1.44. The van der Waals surface area contributed by atoms with Crippen LogP contribution < -0.4 is 10.9 Å². The molecule has 0 saturated carbocycles. The van der Waals surface area contributed by atoms with E-state index < -0.39 is 0 Å². The highest BCUT2D eigenvalue weighted by Crippen LogP contribution is 2.13. The van der Waals surface area contributed by atoms with Crippen LogP contribution in [0.1, 0.15) is 23.1 Å². The number of thiazole rings is 1. The fourth-order valence-corrected chi connectivity index (χ4v) is 2.47. The zero-order valence-corrected chi connectivity index (χ0v) is 10.6. The Morgan fingerprint density at radius 1 is 1.65 bits per heavy atom. The highest BCUT2D eigenvalue weighted by atomic mass is 35.5. The van der Waals surface area contributed by atoms with E-state index in [4.69, 9.17) is 11.6 Å². The quantitative estimate of drug-likeness (QED) is 0.855. The summed E-state index contributed by atoms with van der Waals surface area (Å²) in [7, 11) is 0. The zero-order chi connectivity index (χ0) is 12.4. The van der Waals surface area contributed by atoms with E-state index >= 15 is 0 Å². The molecular formula is C10H10ClN3O2S.